The van der Waals surface area contributed by atoms with Gasteiger partial charge in [-0.2, -0.15) is 0 Å². The van der Waals surface area contributed by atoms with Crippen molar-refractivity contribution in [1.29, 1.82) is 0 Å². The molecule has 5 aromatic heterocycles. The number of rotatable bonds is 39. The molecule has 8 rings (SSSR count). The third-order valence-corrected chi connectivity index (χ3v) is 23.2. The van der Waals surface area contributed by atoms with Gasteiger partial charge < -0.3 is 9.47 Å². The van der Waals surface area contributed by atoms with Crippen LogP contribution < -0.4 is 9.47 Å². The van der Waals surface area contributed by atoms with Gasteiger partial charge in [0.05, 0.1) is 59.5 Å². The maximum atomic E-state index is 15.1. The van der Waals surface area contributed by atoms with Crippen LogP contribution >= 0.6 is 56.7 Å². The number of aryl methyl sites for hydroxylation is 2. The van der Waals surface area contributed by atoms with Gasteiger partial charge in [-0.15, -0.1) is 56.7 Å². The molecule has 4 amide bonds. The summed E-state index contributed by atoms with van der Waals surface area (Å²) in [6, 6.07) is 8.57. The highest BCUT2D eigenvalue weighted by atomic mass is 32.1. The second-order valence-corrected chi connectivity index (χ2v) is 29.0. The smallest absolute Gasteiger partial charge is 0.263 e. The van der Waals surface area contributed by atoms with E-state index in [1.165, 1.54) is 140 Å². The molecule has 0 bridgehead atoms. The van der Waals surface area contributed by atoms with E-state index in [1.54, 1.807) is 34.0 Å². The van der Waals surface area contributed by atoms with Gasteiger partial charge in [0.15, 0.2) is 0 Å². The molecule has 13 heteroatoms. The Hall–Kier alpha value is -3.88. The lowest BCUT2D eigenvalue weighted by Crippen LogP contribution is -2.31. The SMILES string of the molecule is CCCCCCCCCCCCN1C(=O)c2c(C)sc(-c3ccc(-c4sc(-c5cc6c(OCC(CC)CCCC)c7sc(C)cc7c(OCC(CC)CCCC)c6s5)c5c4C(=O)N(CCCCCCCCCCCC)C5=O)s3)c2C1=O. The number of imide groups is 2. The van der Waals surface area contributed by atoms with Gasteiger partial charge in [0.2, 0.25) is 0 Å². The first-order valence-corrected chi connectivity index (χ1v) is 36.0. The van der Waals surface area contributed by atoms with Gasteiger partial charge in [-0.25, -0.2) is 0 Å². The second-order valence-electron chi connectivity index (χ2n) is 23.4. The monoisotopic (exact) mass is 1190 g/mol. The van der Waals surface area contributed by atoms with Crippen molar-refractivity contribution in [2.45, 2.75) is 235 Å². The Kier molecular flexibility index (Phi) is 24.4. The van der Waals surface area contributed by atoms with Gasteiger partial charge in [0, 0.05) is 48.2 Å². The first kappa shape index (κ1) is 63.1. The average molecular weight is 1200 g/mol. The number of hydrogen-bond donors (Lipinski definition) is 0. The van der Waals surface area contributed by atoms with Crippen LogP contribution in [-0.2, 0) is 0 Å². The second kappa shape index (κ2) is 31.3. The zero-order valence-electron chi connectivity index (χ0n) is 50.5. The number of carbonyl (C=O) groups is 4. The first-order valence-electron chi connectivity index (χ1n) is 31.9. The van der Waals surface area contributed by atoms with Gasteiger partial charge >= 0.3 is 0 Å². The number of benzene rings is 1. The fourth-order valence-corrected chi connectivity index (χ4v) is 18.0. The highest BCUT2D eigenvalue weighted by Crippen LogP contribution is 2.56. The molecule has 7 heterocycles. The van der Waals surface area contributed by atoms with E-state index in [0.717, 1.165) is 143 Å². The van der Waals surface area contributed by atoms with E-state index in [9.17, 15) is 9.59 Å². The van der Waals surface area contributed by atoms with E-state index < -0.39 is 0 Å². The van der Waals surface area contributed by atoms with Crippen LogP contribution in [-0.4, -0.2) is 59.7 Å². The standard InChI is InChI=1S/C68H94N2O6S5/c1-9-15-19-21-23-25-27-29-31-33-39-69-65(71)54-46(8)78-62(55(54)66(69)72)51-37-38-52(79-51)63-56-57(68(74)70(67(56)73)40-34-32-30-28-26-24-22-20-16-10-2)64(81-63)53-42-50-59(76-44-48(14-6)36-18-12-4)60-49(41-45(7)77-60)58(61(50)80-53)75-43-47(13-5)35-17-11-3/h37-38,41-42,47-48H,9-36,39-40,43-44H2,1-8H3. The quantitative estimate of drug-likeness (QED) is 0.0282. The fourth-order valence-electron chi connectivity index (χ4n) is 12.0. The van der Waals surface area contributed by atoms with Crippen molar-refractivity contribution in [3.63, 3.8) is 0 Å². The predicted octanol–water partition coefficient (Wildman–Crippen LogP) is 22.1. The van der Waals surface area contributed by atoms with Crippen molar-refractivity contribution in [3.05, 3.63) is 56.3 Å². The van der Waals surface area contributed by atoms with Crippen LogP contribution in [0.25, 0.3) is 49.4 Å². The molecular weight excluding hydrogens is 1100 g/mol. The molecule has 442 valence electrons. The minimum Gasteiger partial charge on any atom is -0.491 e. The highest BCUT2D eigenvalue weighted by molar-refractivity contribution is 7.30. The molecular formula is C68H94N2O6S5. The van der Waals surface area contributed by atoms with Crippen molar-refractivity contribution in [2.24, 2.45) is 11.8 Å². The van der Waals surface area contributed by atoms with Crippen LogP contribution in [0.4, 0.5) is 0 Å². The fraction of sp³-hybridized carbons (Fsp3) is 0.618. The third kappa shape index (κ3) is 15.0. The van der Waals surface area contributed by atoms with Crippen molar-refractivity contribution in [2.75, 3.05) is 26.3 Å². The van der Waals surface area contributed by atoms with Gasteiger partial charge in [-0.3, -0.25) is 29.0 Å². The summed E-state index contributed by atoms with van der Waals surface area (Å²) in [7, 11) is 0. The summed E-state index contributed by atoms with van der Waals surface area (Å²) in [5, 5.41) is 2.07. The molecule has 2 unspecified atom stereocenters. The van der Waals surface area contributed by atoms with Crippen LogP contribution in [0.15, 0.2) is 24.3 Å². The Morgan fingerprint density at radius 1 is 0.407 bits per heavy atom. The third-order valence-electron chi connectivity index (χ3n) is 17.1. The molecule has 0 radical (unpaired) electrons. The molecule has 0 aliphatic carbocycles. The van der Waals surface area contributed by atoms with E-state index in [1.807, 2.05) is 19.1 Å². The van der Waals surface area contributed by atoms with Gasteiger partial charge in [-0.05, 0) is 75.6 Å². The van der Waals surface area contributed by atoms with E-state index in [0.29, 0.717) is 60.4 Å². The molecule has 2 atom stereocenters. The summed E-state index contributed by atoms with van der Waals surface area (Å²) in [4.78, 5) is 68.5. The molecule has 0 fully saturated rings. The summed E-state index contributed by atoms with van der Waals surface area (Å²) < 4.78 is 16.2. The molecule has 8 nitrogen and oxygen atoms in total. The Morgan fingerprint density at radius 3 is 1.25 bits per heavy atom. The largest absolute Gasteiger partial charge is 0.491 e. The van der Waals surface area contributed by atoms with Crippen LogP contribution in [0.2, 0.25) is 0 Å². The Morgan fingerprint density at radius 2 is 0.790 bits per heavy atom. The number of nitrogens with zero attached hydrogens (tertiary/aromatic N) is 2. The molecule has 0 saturated carbocycles. The Bertz CT molecular complexity index is 2970. The van der Waals surface area contributed by atoms with Crippen molar-refractivity contribution < 1.29 is 28.7 Å². The number of amides is 4. The van der Waals surface area contributed by atoms with Crippen LogP contribution in [0, 0.1) is 25.7 Å². The van der Waals surface area contributed by atoms with Gasteiger partial charge in [0.1, 0.15) is 11.5 Å². The van der Waals surface area contributed by atoms with E-state index in [4.69, 9.17) is 9.47 Å². The number of thiophene rings is 5. The zero-order chi connectivity index (χ0) is 57.4. The molecule has 2 aliphatic heterocycles. The molecule has 81 heavy (non-hydrogen) atoms. The summed E-state index contributed by atoms with van der Waals surface area (Å²) in [5.74, 6) is 1.81. The lowest BCUT2D eigenvalue weighted by molar-refractivity contribution is 0.0636. The van der Waals surface area contributed by atoms with Gasteiger partial charge in [-0.1, -0.05) is 196 Å². The molecule has 0 spiro atoms. The van der Waals surface area contributed by atoms with Crippen molar-refractivity contribution >= 4 is 100 Å². The molecule has 6 aromatic rings. The lowest BCUT2D eigenvalue weighted by atomic mass is 10.0. The average Bonchev–Trinajstić information content (AvgIpc) is 4.48. The van der Waals surface area contributed by atoms with E-state index >= 15 is 9.59 Å². The highest BCUT2D eigenvalue weighted by Gasteiger charge is 2.44. The summed E-state index contributed by atoms with van der Waals surface area (Å²) in [6.45, 7) is 19.7. The summed E-state index contributed by atoms with van der Waals surface area (Å²) in [6.07, 6.45) is 32.5. The Labute approximate surface area is 505 Å². The topological polar surface area (TPSA) is 93.2 Å². The minimum absolute atomic E-state index is 0.182. The Balaban J connectivity index is 1.13. The normalized spacial score (nSPS) is 14.2. The minimum atomic E-state index is -0.227. The number of ether oxygens (including phenoxy) is 2. The number of unbranched alkanes of at least 4 members (excludes halogenated alkanes) is 20. The zero-order valence-corrected chi connectivity index (χ0v) is 54.6. The van der Waals surface area contributed by atoms with Crippen molar-refractivity contribution in [3.8, 4) is 40.8 Å². The van der Waals surface area contributed by atoms with Crippen LogP contribution in [0.1, 0.15) is 273 Å². The molecule has 0 saturated heterocycles. The van der Waals surface area contributed by atoms with Gasteiger partial charge in [0.25, 0.3) is 23.6 Å². The first-order chi connectivity index (χ1) is 39.5. The maximum absolute atomic E-state index is 15.1. The lowest BCUT2D eigenvalue weighted by Gasteiger charge is -2.19. The van der Waals surface area contributed by atoms with E-state index in [2.05, 4.69) is 60.6 Å². The summed E-state index contributed by atoms with van der Waals surface area (Å²) in [5.41, 5.74) is 2.02. The molecule has 1 aromatic carbocycles. The van der Waals surface area contributed by atoms with Crippen LogP contribution in [0.5, 0.6) is 11.5 Å². The molecule has 0 N–H and O–H groups in total. The van der Waals surface area contributed by atoms with Crippen LogP contribution in [0.3, 0.4) is 0 Å². The number of hydrogen-bond acceptors (Lipinski definition) is 11. The molecule has 2 aliphatic rings. The summed E-state index contributed by atoms with van der Waals surface area (Å²) >= 11 is 7.98. The number of fused-ring (bicyclic) bond motifs is 4. The maximum Gasteiger partial charge on any atom is 0.263 e. The predicted molar refractivity (Wildman–Crippen MR) is 349 cm³/mol. The van der Waals surface area contributed by atoms with E-state index in [-0.39, 0.29) is 23.6 Å². The van der Waals surface area contributed by atoms with Crippen molar-refractivity contribution in [1.82, 2.24) is 9.80 Å². The number of carbonyl (C=O) groups excluding carboxylic acids is 4.